The second kappa shape index (κ2) is 6.75. The van der Waals surface area contributed by atoms with Crippen LogP contribution in [0.15, 0.2) is 35.3 Å². The SMILES string of the molecule is Cc1cccc(C)c1C=Nc1cc(C(=O)N(C)C)cc2nc(C)n(C)c12. The molecular weight excluding hydrogens is 324 g/mol. The Kier molecular flexibility index (Phi) is 4.64. The zero-order valence-corrected chi connectivity index (χ0v) is 16.2. The fraction of sp³-hybridized carbons (Fsp3) is 0.286. The van der Waals surface area contributed by atoms with Crippen LogP contribution in [0.4, 0.5) is 5.69 Å². The third-order valence-corrected chi connectivity index (χ3v) is 4.70. The molecule has 0 saturated carbocycles. The van der Waals surface area contributed by atoms with Gasteiger partial charge in [-0.2, -0.15) is 0 Å². The molecule has 0 spiro atoms. The van der Waals surface area contributed by atoms with E-state index in [0.29, 0.717) is 5.56 Å². The quantitative estimate of drug-likeness (QED) is 0.673. The third-order valence-electron chi connectivity index (χ3n) is 4.70. The Bertz CT molecular complexity index is 1010. The minimum Gasteiger partial charge on any atom is -0.345 e. The van der Waals surface area contributed by atoms with E-state index >= 15 is 0 Å². The van der Waals surface area contributed by atoms with Crippen molar-refractivity contribution >= 4 is 28.8 Å². The predicted molar refractivity (Wildman–Crippen MR) is 107 cm³/mol. The average Bonchev–Trinajstić information content (AvgIpc) is 2.87. The van der Waals surface area contributed by atoms with Gasteiger partial charge >= 0.3 is 0 Å². The van der Waals surface area contributed by atoms with Gasteiger partial charge in [-0.25, -0.2) is 4.98 Å². The van der Waals surface area contributed by atoms with Crippen LogP contribution in [0.3, 0.4) is 0 Å². The van der Waals surface area contributed by atoms with Crippen molar-refractivity contribution in [1.29, 1.82) is 0 Å². The number of aryl methyl sites for hydroxylation is 4. The normalized spacial score (nSPS) is 11.5. The maximum atomic E-state index is 12.5. The maximum absolute atomic E-state index is 12.5. The van der Waals surface area contributed by atoms with Gasteiger partial charge in [-0.3, -0.25) is 9.79 Å². The van der Waals surface area contributed by atoms with Crippen molar-refractivity contribution < 1.29 is 4.79 Å². The summed E-state index contributed by atoms with van der Waals surface area (Å²) < 4.78 is 2.01. The molecule has 3 rings (SSSR count). The molecule has 0 N–H and O–H groups in total. The second-order valence-corrected chi connectivity index (χ2v) is 6.84. The van der Waals surface area contributed by atoms with Crippen LogP contribution < -0.4 is 0 Å². The molecule has 1 heterocycles. The Balaban J connectivity index is 2.20. The van der Waals surface area contributed by atoms with Crippen LogP contribution in [-0.2, 0) is 7.05 Å². The van der Waals surface area contributed by atoms with E-state index < -0.39 is 0 Å². The van der Waals surface area contributed by atoms with Gasteiger partial charge < -0.3 is 9.47 Å². The number of nitrogens with zero attached hydrogens (tertiary/aromatic N) is 4. The summed E-state index contributed by atoms with van der Waals surface area (Å²) >= 11 is 0. The number of rotatable bonds is 3. The van der Waals surface area contributed by atoms with Crippen molar-refractivity contribution in [3.05, 3.63) is 58.4 Å². The summed E-state index contributed by atoms with van der Waals surface area (Å²) in [6, 6.07) is 9.87. The summed E-state index contributed by atoms with van der Waals surface area (Å²) in [5, 5.41) is 0. The van der Waals surface area contributed by atoms with Gasteiger partial charge in [0, 0.05) is 32.9 Å². The van der Waals surface area contributed by atoms with Gasteiger partial charge in [0.1, 0.15) is 5.82 Å². The highest BCUT2D eigenvalue weighted by atomic mass is 16.2. The standard InChI is InChI=1S/C21H24N4O/c1-13-8-7-9-14(2)17(13)12-22-18-10-16(21(26)24(4)5)11-19-20(18)25(6)15(3)23-19/h7-12H,1-6H3. The lowest BCUT2D eigenvalue weighted by molar-refractivity contribution is 0.0828. The van der Waals surface area contributed by atoms with Gasteiger partial charge in [0.25, 0.3) is 5.91 Å². The molecule has 0 radical (unpaired) electrons. The fourth-order valence-corrected chi connectivity index (χ4v) is 3.09. The molecular formula is C21H24N4O. The second-order valence-electron chi connectivity index (χ2n) is 6.84. The molecule has 0 aliphatic rings. The Morgan fingerprint density at radius 1 is 1.15 bits per heavy atom. The zero-order valence-electron chi connectivity index (χ0n) is 16.2. The van der Waals surface area contributed by atoms with Crippen molar-refractivity contribution in [1.82, 2.24) is 14.5 Å². The zero-order chi connectivity index (χ0) is 19.0. The fourth-order valence-electron chi connectivity index (χ4n) is 3.09. The van der Waals surface area contributed by atoms with Gasteiger partial charge in [0.2, 0.25) is 0 Å². The molecule has 0 aliphatic heterocycles. The first kappa shape index (κ1) is 17.9. The van der Waals surface area contributed by atoms with E-state index in [4.69, 9.17) is 4.99 Å². The third kappa shape index (κ3) is 3.12. The summed E-state index contributed by atoms with van der Waals surface area (Å²) in [5.74, 6) is 0.830. The topological polar surface area (TPSA) is 50.5 Å². The highest BCUT2D eigenvalue weighted by molar-refractivity contribution is 6.02. The van der Waals surface area contributed by atoms with Crippen molar-refractivity contribution in [2.24, 2.45) is 12.0 Å². The maximum Gasteiger partial charge on any atom is 0.253 e. The van der Waals surface area contributed by atoms with Crippen LogP contribution >= 0.6 is 0 Å². The van der Waals surface area contributed by atoms with Crippen LogP contribution in [0.1, 0.15) is 32.9 Å². The number of fused-ring (bicyclic) bond motifs is 1. The van der Waals surface area contributed by atoms with Crippen molar-refractivity contribution in [3.8, 4) is 0 Å². The van der Waals surface area contributed by atoms with E-state index in [1.807, 2.05) is 43.0 Å². The van der Waals surface area contributed by atoms with Crippen LogP contribution in [0.5, 0.6) is 0 Å². The van der Waals surface area contributed by atoms with Crippen LogP contribution in [-0.4, -0.2) is 40.7 Å². The molecule has 0 saturated heterocycles. The van der Waals surface area contributed by atoms with E-state index in [0.717, 1.165) is 28.1 Å². The summed E-state index contributed by atoms with van der Waals surface area (Å²) in [6.45, 7) is 6.10. The van der Waals surface area contributed by atoms with Crippen molar-refractivity contribution in [2.45, 2.75) is 20.8 Å². The predicted octanol–water partition coefficient (Wildman–Crippen LogP) is 3.95. The van der Waals surface area contributed by atoms with E-state index in [-0.39, 0.29) is 5.91 Å². The highest BCUT2D eigenvalue weighted by Gasteiger charge is 2.16. The Morgan fingerprint density at radius 3 is 2.42 bits per heavy atom. The number of aliphatic imine (C=N–C) groups is 1. The molecule has 5 heteroatoms. The summed E-state index contributed by atoms with van der Waals surface area (Å²) in [7, 11) is 5.46. The molecule has 1 amide bonds. The molecule has 0 unspecified atom stereocenters. The lowest BCUT2D eigenvalue weighted by Crippen LogP contribution is -2.21. The van der Waals surface area contributed by atoms with Crippen LogP contribution in [0, 0.1) is 20.8 Å². The number of hydrogen-bond donors (Lipinski definition) is 0. The lowest BCUT2D eigenvalue weighted by atomic mass is 10.0. The summed E-state index contributed by atoms with van der Waals surface area (Å²) in [5.41, 5.74) is 6.50. The largest absolute Gasteiger partial charge is 0.345 e. The number of carbonyl (C=O) groups excluding carboxylic acids is 1. The van der Waals surface area contributed by atoms with Crippen LogP contribution in [0.2, 0.25) is 0 Å². The molecule has 5 nitrogen and oxygen atoms in total. The van der Waals surface area contributed by atoms with Gasteiger partial charge in [0.15, 0.2) is 0 Å². The molecule has 1 aromatic heterocycles. The molecule has 0 atom stereocenters. The Labute approximate surface area is 154 Å². The summed E-state index contributed by atoms with van der Waals surface area (Å²) in [6.07, 6.45) is 1.88. The van der Waals surface area contributed by atoms with E-state index in [1.165, 1.54) is 11.1 Å². The van der Waals surface area contributed by atoms with Gasteiger partial charge in [-0.1, -0.05) is 18.2 Å². The van der Waals surface area contributed by atoms with Gasteiger partial charge in [-0.15, -0.1) is 0 Å². The molecule has 2 aromatic carbocycles. The molecule has 0 fully saturated rings. The minimum atomic E-state index is -0.0567. The first-order valence-electron chi connectivity index (χ1n) is 8.58. The van der Waals surface area contributed by atoms with Gasteiger partial charge in [-0.05, 0) is 49.6 Å². The molecule has 0 aliphatic carbocycles. The number of amides is 1. The Morgan fingerprint density at radius 2 is 1.81 bits per heavy atom. The van der Waals surface area contributed by atoms with Crippen molar-refractivity contribution in [3.63, 3.8) is 0 Å². The number of imidazole rings is 1. The van der Waals surface area contributed by atoms with E-state index in [9.17, 15) is 4.79 Å². The summed E-state index contributed by atoms with van der Waals surface area (Å²) in [4.78, 5) is 23.3. The molecule has 134 valence electrons. The average molecular weight is 348 g/mol. The van der Waals surface area contributed by atoms with E-state index in [1.54, 1.807) is 19.0 Å². The molecule has 3 aromatic rings. The first-order valence-corrected chi connectivity index (χ1v) is 8.58. The van der Waals surface area contributed by atoms with E-state index in [2.05, 4.69) is 31.0 Å². The lowest BCUT2D eigenvalue weighted by Gasteiger charge is -2.11. The van der Waals surface area contributed by atoms with Crippen LogP contribution in [0.25, 0.3) is 11.0 Å². The highest BCUT2D eigenvalue weighted by Crippen LogP contribution is 2.29. The minimum absolute atomic E-state index is 0.0567. The number of hydrogen-bond acceptors (Lipinski definition) is 3. The smallest absolute Gasteiger partial charge is 0.253 e. The Hall–Kier alpha value is -2.95. The first-order chi connectivity index (χ1) is 12.3. The number of aromatic nitrogens is 2. The molecule has 0 bridgehead atoms. The molecule has 26 heavy (non-hydrogen) atoms. The van der Waals surface area contributed by atoms with Crippen molar-refractivity contribution in [2.75, 3.05) is 14.1 Å². The number of carbonyl (C=O) groups is 1. The van der Waals surface area contributed by atoms with Gasteiger partial charge in [0.05, 0.1) is 16.7 Å². The number of benzene rings is 2. The monoisotopic (exact) mass is 348 g/mol.